The number of nitrogens with zero attached hydrogens (tertiary/aromatic N) is 4. The van der Waals surface area contributed by atoms with Crippen molar-refractivity contribution < 1.29 is 24.1 Å². The molecule has 0 spiro atoms. The molecule has 1 saturated heterocycles. The average molecular weight is 447 g/mol. The van der Waals surface area contributed by atoms with Crippen LogP contribution < -0.4 is 14.8 Å². The number of hydrogen-bond donors (Lipinski definition) is 2. The van der Waals surface area contributed by atoms with Gasteiger partial charge in [0.1, 0.15) is 29.4 Å². The molecule has 0 amide bonds. The summed E-state index contributed by atoms with van der Waals surface area (Å²) in [5.41, 5.74) is 1.49. The highest BCUT2D eigenvalue weighted by Crippen LogP contribution is 2.27. The molecule has 0 saturated carbocycles. The van der Waals surface area contributed by atoms with Gasteiger partial charge in [0.2, 0.25) is 5.88 Å². The van der Waals surface area contributed by atoms with Gasteiger partial charge in [-0.2, -0.15) is 10.2 Å². The van der Waals surface area contributed by atoms with Gasteiger partial charge in [-0.25, -0.2) is 14.8 Å². The Hall–Kier alpha value is -4.23. The van der Waals surface area contributed by atoms with Crippen LogP contribution in [0.1, 0.15) is 28.9 Å². The minimum Gasteiger partial charge on any atom is -0.487 e. The van der Waals surface area contributed by atoms with Crippen molar-refractivity contribution in [3.8, 4) is 29.0 Å². The fraction of sp³-hybridized carbons (Fsp3) is 0.261. The molecular formula is C23H21N5O5. The summed E-state index contributed by atoms with van der Waals surface area (Å²) in [6.07, 6.45) is 3.16. The Labute approximate surface area is 189 Å². The average Bonchev–Trinajstić information content (AvgIpc) is 2.85. The van der Waals surface area contributed by atoms with Gasteiger partial charge in [-0.15, -0.1) is 0 Å². The van der Waals surface area contributed by atoms with E-state index in [1.54, 1.807) is 30.5 Å². The van der Waals surface area contributed by atoms with Gasteiger partial charge in [0.15, 0.2) is 11.4 Å². The van der Waals surface area contributed by atoms with Crippen LogP contribution >= 0.6 is 0 Å². The molecule has 33 heavy (non-hydrogen) atoms. The zero-order chi connectivity index (χ0) is 23.2. The summed E-state index contributed by atoms with van der Waals surface area (Å²) in [6, 6.07) is 12.1. The van der Waals surface area contributed by atoms with E-state index in [1.165, 1.54) is 19.2 Å². The molecule has 3 aromatic heterocycles. The maximum Gasteiger partial charge on any atom is 0.341 e. The van der Waals surface area contributed by atoms with E-state index in [1.807, 2.05) is 0 Å². The first-order valence-corrected chi connectivity index (χ1v) is 10.2. The third kappa shape index (κ3) is 5.16. The summed E-state index contributed by atoms with van der Waals surface area (Å²) < 4.78 is 16.4. The standard InChI is InChI=1S/C23H21N5O5/c1-31-22-16(23(29)30)2-5-20(28-22)27-21-12-14(6-9-25-21)17-3-4-19(18(13-24)26-17)33-15-7-10-32-11-8-15/h2-6,9,12,15H,7-8,10-11H2,1H3,(H,29,30)(H,25,27,28). The Balaban J connectivity index is 1.55. The lowest BCUT2D eigenvalue weighted by atomic mass is 10.1. The second-order valence-electron chi connectivity index (χ2n) is 7.20. The zero-order valence-corrected chi connectivity index (χ0v) is 17.8. The topological polar surface area (TPSA) is 139 Å². The lowest BCUT2D eigenvalue weighted by Gasteiger charge is -2.23. The fourth-order valence-corrected chi connectivity index (χ4v) is 3.37. The van der Waals surface area contributed by atoms with Crippen molar-refractivity contribution in [2.45, 2.75) is 18.9 Å². The van der Waals surface area contributed by atoms with Crippen molar-refractivity contribution in [1.29, 1.82) is 5.26 Å². The number of anilines is 2. The van der Waals surface area contributed by atoms with E-state index in [2.05, 4.69) is 26.3 Å². The van der Waals surface area contributed by atoms with E-state index in [9.17, 15) is 15.2 Å². The van der Waals surface area contributed by atoms with Gasteiger partial charge in [0.25, 0.3) is 0 Å². The Morgan fingerprint density at radius 1 is 1.18 bits per heavy atom. The number of nitriles is 1. The molecule has 10 nitrogen and oxygen atoms in total. The van der Waals surface area contributed by atoms with Crippen LogP contribution in [0.25, 0.3) is 11.3 Å². The fourth-order valence-electron chi connectivity index (χ4n) is 3.37. The molecule has 0 bridgehead atoms. The van der Waals surface area contributed by atoms with Gasteiger partial charge in [-0.3, -0.25) is 0 Å². The molecule has 3 aromatic rings. The van der Waals surface area contributed by atoms with Crippen molar-refractivity contribution in [2.24, 2.45) is 0 Å². The summed E-state index contributed by atoms with van der Waals surface area (Å²) in [4.78, 5) is 24.1. The van der Waals surface area contributed by atoms with E-state index >= 15 is 0 Å². The van der Waals surface area contributed by atoms with Crippen molar-refractivity contribution >= 4 is 17.6 Å². The third-order valence-electron chi connectivity index (χ3n) is 5.02. The number of ether oxygens (including phenoxy) is 3. The highest BCUT2D eigenvalue weighted by atomic mass is 16.5. The van der Waals surface area contributed by atoms with E-state index in [0.29, 0.717) is 36.3 Å². The van der Waals surface area contributed by atoms with Gasteiger partial charge in [-0.1, -0.05) is 0 Å². The zero-order valence-electron chi connectivity index (χ0n) is 17.8. The van der Waals surface area contributed by atoms with Crippen molar-refractivity contribution in [3.63, 3.8) is 0 Å². The number of carboxylic acid groups (broad SMARTS) is 1. The quantitative estimate of drug-likeness (QED) is 0.553. The predicted octanol–water partition coefficient (Wildman–Crippen LogP) is 3.42. The number of pyridine rings is 3. The van der Waals surface area contributed by atoms with Crippen LogP contribution in [0, 0.1) is 11.3 Å². The van der Waals surface area contributed by atoms with Crippen LogP contribution in [-0.4, -0.2) is 52.5 Å². The number of carbonyl (C=O) groups is 1. The molecule has 10 heteroatoms. The molecule has 4 rings (SSSR count). The Morgan fingerprint density at radius 3 is 2.73 bits per heavy atom. The number of carboxylic acids is 1. The lowest BCUT2D eigenvalue weighted by molar-refractivity contribution is 0.0253. The van der Waals surface area contributed by atoms with Gasteiger partial charge < -0.3 is 24.6 Å². The van der Waals surface area contributed by atoms with E-state index in [0.717, 1.165) is 18.4 Å². The van der Waals surface area contributed by atoms with Gasteiger partial charge in [0.05, 0.1) is 26.0 Å². The molecule has 4 heterocycles. The van der Waals surface area contributed by atoms with Gasteiger partial charge in [-0.05, 0) is 36.4 Å². The molecule has 0 aliphatic carbocycles. The van der Waals surface area contributed by atoms with Gasteiger partial charge >= 0.3 is 5.97 Å². The van der Waals surface area contributed by atoms with Crippen LogP contribution in [0.2, 0.25) is 0 Å². The Bertz CT molecular complexity index is 1200. The molecule has 168 valence electrons. The van der Waals surface area contributed by atoms with E-state index < -0.39 is 5.97 Å². The highest BCUT2D eigenvalue weighted by molar-refractivity contribution is 5.90. The largest absolute Gasteiger partial charge is 0.487 e. The van der Waals surface area contributed by atoms with Crippen molar-refractivity contribution in [2.75, 3.05) is 25.6 Å². The van der Waals surface area contributed by atoms with Crippen LogP contribution in [0.4, 0.5) is 11.6 Å². The number of rotatable bonds is 7. The predicted molar refractivity (Wildman–Crippen MR) is 118 cm³/mol. The van der Waals surface area contributed by atoms with Crippen molar-refractivity contribution in [3.05, 3.63) is 53.9 Å². The number of aromatic nitrogens is 3. The second-order valence-corrected chi connectivity index (χ2v) is 7.20. The number of nitrogens with one attached hydrogen (secondary N) is 1. The maximum atomic E-state index is 11.2. The molecule has 1 aliphatic rings. The normalized spacial score (nSPS) is 13.7. The first-order valence-electron chi connectivity index (χ1n) is 10.2. The molecule has 2 N–H and O–H groups in total. The third-order valence-corrected chi connectivity index (χ3v) is 5.02. The molecule has 0 atom stereocenters. The maximum absolute atomic E-state index is 11.2. The lowest BCUT2D eigenvalue weighted by Crippen LogP contribution is -2.26. The summed E-state index contributed by atoms with van der Waals surface area (Å²) in [6.45, 7) is 1.29. The smallest absolute Gasteiger partial charge is 0.341 e. The molecule has 0 radical (unpaired) electrons. The summed E-state index contributed by atoms with van der Waals surface area (Å²) in [5.74, 6) is 0.148. The Morgan fingerprint density at radius 2 is 2.00 bits per heavy atom. The van der Waals surface area contributed by atoms with Crippen LogP contribution in [0.5, 0.6) is 11.6 Å². The minimum atomic E-state index is -1.13. The Kier molecular flexibility index (Phi) is 6.61. The number of aromatic carboxylic acids is 1. The van der Waals surface area contributed by atoms with Crippen LogP contribution in [0.3, 0.4) is 0 Å². The van der Waals surface area contributed by atoms with Crippen LogP contribution in [-0.2, 0) is 4.74 Å². The first kappa shape index (κ1) is 22.0. The van der Waals surface area contributed by atoms with Crippen molar-refractivity contribution in [1.82, 2.24) is 15.0 Å². The highest BCUT2D eigenvalue weighted by Gasteiger charge is 2.18. The summed E-state index contributed by atoms with van der Waals surface area (Å²) >= 11 is 0. The second kappa shape index (κ2) is 9.93. The molecule has 1 fully saturated rings. The molecule has 0 aromatic carbocycles. The summed E-state index contributed by atoms with van der Waals surface area (Å²) in [7, 11) is 1.35. The monoisotopic (exact) mass is 447 g/mol. The molecule has 1 aliphatic heterocycles. The van der Waals surface area contributed by atoms with E-state index in [4.69, 9.17) is 14.2 Å². The van der Waals surface area contributed by atoms with E-state index in [-0.39, 0.29) is 23.2 Å². The molecule has 0 unspecified atom stereocenters. The summed E-state index contributed by atoms with van der Waals surface area (Å²) in [5, 5.41) is 21.8. The molecular weight excluding hydrogens is 426 g/mol. The number of methoxy groups -OCH3 is 1. The number of hydrogen-bond acceptors (Lipinski definition) is 9. The SMILES string of the molecule is COc1nc(Nc2cc(-c3ccc(OC4CCOCC4)c(C#N)n3)ccn2)ccc1C(=O)O. The first-order chi connectivity index (χ1) is 16.1. The van der Waals surface area contributed by atoms with Gasteiger partial charge in [0, 0.05) is 24.6 Å². The van der Waals surface area contributed by atoms with Crippen LogP contribution in [0.15, 0.2) is 42.6 Å². The minimum absolute atomic E-state index is 0.00670.